The Morgan fingerprint density at radius 2 is 2.20 bits per heavy atom. The van der Waals surface area contributed by atoms with Crippen molar-refractivity contribution in [3.63, 3.8) is 0 Å². The minimum absolute atomic E-state index is 0.00641. The molecule has 0 saturated heterocycles. The van der Waals surface area contributed by atoms with Crippen LogP contribution in [-0.4, -0.2) is 13.4 Å². The quantitative estimate of drug-likeness (QED) is 0.837. The van der Waals surface area contributed by atoms with Crippen molar-refractivity contribution in [3.05, 3.63) is 34.3 Å². The van der Waals surface area contributed by atoms with Crippen LogP contribution in [0.25, 0.3) is 0 Å². The fraction of sp³-hybridized carbons (Fsp3) is 0.364. The van der Waals surface area contributed by atoms with E-state index in [1.54, 1.807) is 13.8 Å². The number of hydrogen-bond donors (Lipinski definition) is 2. The van der Waals surface area contributed by atoms with Gasteiger partial charge in [0.25, 0.3) is 0 Å². The van der Waals surface area contributed by atoms with Crippen molar-refractivity contribution < 1.29 is 17.3 Å². The Balaban J connectivity index is 2.24. The minimum atomic E-state index is -3.76. The van der Waals surface area contributed by atoms with Crippen LogP contribution in [0.4, 0.5) is 0 Å². The molecular weight excluding hydrogens is 350 g/mol. The summed E-state index contributed by atoms with van der Waals surface area (Å²) in [7, 11) is -3.76. The highest BCUT2D eigenvalue weighted by Crippen LogP contribution is 2.27. The molecule has 0 amide bonds. The Kier molecular flexibility index (Phi) is 4.33. The van der Waals surface area contributed by atoms with Crippen molar-refractivity contribution >= 4 is 26.0 Å². The molecule has 110 valence electrons. The molecule has 9 heteroatoms. The molecule has 0 aliphatic rings. The number of hydrogen-bond acceptors (Lipinski definition) is 6. The van der Waals surface area contributed by atoms with Crippen LogP contribution in [0.15, 0.2) is 30.7 Å². The Bertz CT molecular complexity index is 707. The van der Waals surface area contributed by atoms with Crippen LogP contribution < -0.4 is 10.5 Å². The lowest BCUT2D eigenvalue weighted by Crippen LogP contribution is -2.27. The number of nitrogens with one attached hydrogen (secondary N) is 1. The molecule has 0 fully saturated rings. The molecule has 7 nitrogen and oxygen atoms in total. The molecule has 0 aliphatic heterocycles. The van der Waals surface area contributed by atoms with Gasteiger partial charge in [-0.2, -0.15) is 4.72 Å². The van der Waals surface area contributed by atoms with Gasteiger partial charge in [0.05, 0.1) is 18.8 Å². The number of aryl methyl sites for hydroxylation is 1. The van der Waals surface area contributed by atoms with E-state index in [1.807, 2.05) is 0 Å². The number of rotatable bonds is 5. The van der Waals surface area contributed by atoms with Crippen LogP contribution in [0.1, 0.15) is 30.4 Å². The summed E-state index contributed by atoms with van der Waals surface area (Å²) in [5.41, 5.74) is 5.42. The number of furan rings is 1. The monoisotopic (exact) mass is 363 g/mol. The fourth-order valence-electron chi connectivity index (χ4n) is 1.60. The number of nitrogens with two attached hydrogens (primary N) is 1. The normalized spacial score (nSPS) is 13.6. The zero-order chi connectivity index (χ0) is 14.9. The first kappa shape index (κ1) is 15.2. The lowest BCUT2D eigenvalue weighted by molar-refractivity contribution is 0.427. The summed E-state index contributed by atoms with van der Waals surface area (Å²) in [5.74, 6) is 1.28. The smallest absolute Gasteiger partial charge is 0.245 e. The average Bonchev–Trinajstić information content (AvgIpc) is 2.95. The molecule has 0 aliphatic carbocycles. The molecule has 1 unspecified atom stereocenters. The highest BCUT2D eigenvalue weighted by atomic mass is 79.9. The molecule has 0 radical (unpaired) electrons. The van der Waals surface area contributed by atoms with E-state index in [2.05, 4.69) is 25.6 Å². The van der Waals surface area contributed by atoms with Crippen molar-refractivity contribution in [2.45, 2.75) is 31.3 Å². The Labute approximate surface area is 124 Å². The Morgan fingerprint density at radius 1 is 1.50 bits per heavy atom. The molecule has 0 bridgehead atoms. The van der Waals surface area contributed by atoms with Gasteiger partial charge in [0.2, 0.25) is 15.9 Å². The lowest BCUT2D eigenvalue weighted by atomic mass is 10.4. The highest BCUT2D eigenvalue weighted by Gasteiger charge is 2.26. The summed E-state index contributed by atoms with van der Waals surface area (Å²) < 4.78 is 37.6. The summed E-state index contributed by atoms with van der Waals surface area (Å²) in [4.78, 5) is 3.98. The van der Waals surface area contributed by atoms with Crippen LogP contribution in [0.2, 0.25) is 0 Å². The van der Waals surface area contributed by atoms with Gasteiger partial charge >= 0.3 is 0 Å². The summed E-state index contributed by atoms with van der Waals surface area (Å²) in [6.07, 6.45) is 1.53. The van der Waals surface area contributed by atoms with E-state index in [1.165, 1.54) is 12.3 Å². The average molecular weight is 364 g/mol. The topological polar surface area (TPSA) is 111 Å². The maximum atomic E-state index is 12.3. The van der Waals surface area contributed by atoms with Crippen molar-refractivity contribution in [1.82, 2.24) is 9.71 Å². The molecule has 2 rings (SSSR count). The van der Waals surface area contributed by atoms with Crippen LogP contribution in [0.5, 0.6) is 0 Å². The minimum Gasteiger partial charge on any atom is -0.452 e. The number of sulfonamides is 1. The van der Waals surface area contributed by atoms with Crippen LogP contribution in [0, 0.1) is 6.92 Å². The first-order valence-electron chi connectivity index (χ1n) is 5.76. The first-order chi connectivity index (χ1) is 9.33. The molecule has 20 heavy (non-hydrogen) atoms. The Morgan fingerprint density at radius 3 is 2.70 bits per heavy atom. The predicted molar refractivity (Wildman–Crippen MR) is 74.3 cm³/mol. The zero-order valence-corrected chi connectivity index (χ0v) is 13.3. The fourth-order valence-corrected chi connectivity index (χ4v) is 3.80. The number of nitrogens with zero attached hydrogens (tertiary/aromatic N) is 1. The van der Waals surface area contributed by atoms with Crippen molar-refractivity contribution in [2.75, 3.05) is 0 Å². The lowest BCUT2D eigenvalue weighted by Gasteiger charge is -2.10. The van der Waals surface area contributed by atoms with Gasteiger partial charge < -0.3 is 14.6 Å². The predicted octanol–water partition coefficient (Wildman–Crippen LogP) is 1.84. The van der Waals surface area contributed by atoms with Crippen molar-refractivity contribution in [1.29, 1.82) is 0 Å². The summed E-state index contributed by atoms with van der Waals surface area (Å²) >= 11 is 3.06. The van der Waals surface area contributed by atoms with Gasteiger partial charge in [-0.15, -0.1) is 0 Å². The second-order valence-electron chi connectivity index (χ2n) is 4.21. The second kappa shape index (κ2) is 5.68. The molecule has 2 aromatic rings. The summed E-state index contributed by atoms with van der Waals surface area (Å²) in [6, 6.07) is 0.775. The van der Waals surface area contributed by atoms with E-state index < -0.39 is 16.1 Å². The molecule has 0 saturated carbocycles. The van der Waals surface area contributed by atoms with E-state index in [0.29, 0.717) is 17.4 Å². The second-order valence-corrected chi connectivity index (χ2v) is 6.61. The van der Waals surface area contributed by atoms with E-state index >= 15 is 0 Å². The maximum Gasteiger partial charge on any atom is 0.245 e. The van der Waals surface area contributed by atoms with E-state index in [-0.39, 0.29) is 16.1 Å². The van der Waals surface area contributed by atoms with Crippen molar-refractivity contribution in [3.8, 4) is 0 Å². The summed E-state index contributed by atoms with van der Waals surface area (Å²) in [6.45, 7) is 3.49. The van der Waals surface area contributed by atoms with Gasteiger partial charge in [0, 0.05) is 6.07 Å². The van der Waals surface area contributed by atoms with Gasteiger partial charge in [0.15, 0.2) is 4.67 Å². The van der Waals surface area contributed by atoms with E-state index in [0.717, 1.165) is 0 Å². The number of oxazole rings is 1. The van der Waals surface area contributed by atoms with Gasteiger partial charge in [-0.3, -0.25) is 0 Å². The standard InChI is InChI=1S/C11H14BrN3O4S/c1-6-5-14-11(18-6)7(2)15-20(16,17)9-3-8(4-13)19-10(9)12/h3,5,7,15H,4,13H2,1-2H3. The molecule has 0 spiro atoms. The highest BCUT2D eigenvalue weighted by molar-refractivity contribution is 9.10. The van der Waals surface area contributed by atoms with Crippen LogP contribution >= 0.6 is 15.9 Å². The van der Waals surface area contributed by atoms with Crippen molar-refractivity contribution in [2.24, 2.45) is 5.73 Å². The number of aromatic nitrogens is 1. The third-order valence-corrected chi connectivity index (χ3v) is 4.94. The molecular formula is C11H14BrN3O4S. The molecule has 3 N–H and O–H groups in total. The maximum absolute atomic E-state index is 12.3. The largest absolute Gasteiger partial charge is 0.452 e. The molecule has 2 aromatic heterocycles. The van der Waals surface area contributed by atoms with Gasteiger partial charge in [-0.25, -0.2) is 13.4 Å². The van der Waals surface area contributed by atoms with E-state index in [4.69, 9.17) is 14.6 Å². The van der Waals surface area contributed by atoms with Crippen LogP contribution in [-0.2, 0) is 16.6 Å². The summed E-state index contributed by atoms with van der Waals surface area (Å²) in [5, 5.41) is 0. The van der Waals surface area contributed by atoms with Gasteiger partial charge in [-0.05, 0) is 29.8 Å². The van der Waals surface area contributed by atoms with Gasteiger partial charge in [0.1, 0.15) is 16.4 Å². The Hall–Kier alpha value is -1.16. The third-order valence-electron chi connectivity index (χ3n) is 2.54. The molecule has 2 heterocycles. The number of halogens is 1. The SMILES string of the molecule is Cc1cnc(C(C)NS(=O)(=O)c2cc(CN)oc2Br)o1. The van der Waals surface area contributed by atoms with Crippen LogP contribution in [0.3, 0.4) is 0 Å². The van der Waals surface area contributed by atoms with E-state index in [9.17, 15) is 8.42 Å². The molecule has 1 atom stereocenters. The third kappa shape index (κ3) is 3.11. The van der Waals surface area contributed by atoms with Gasteiger partial charge in [-0.1, -0.05) is 0 Å². The zero-order valence-electron chi connectivity index (χ0n) is 10.9. The first-order valence-corrected chi connectivity index (χ1v) is 8.04. The molecule has 0 aromatic carbocycles.